The quantitative estimate of drug-likeness (QED) is 0.552. The Morgan fingerprint density at radius 3 is 3.07 bits per heavy atom. The van der Waals surface area contributed by atoms with Crippen molar-refractivity contribution < 1.29 is 4.79 Å². The van der Waals surface area contributed by atoms with Crippen LogP contribution in [0.15, 0.2) is 18.9 Å². The molecule has 15 heavy (non-hydrogen) atoms. The highest BCUT2D eigenvalue weighted by Crippen LogP contribution is 2.07. The molecule has 0 fully saturated rings. The molecule has 1 heterocycles. The topological polar surface area (TPSA) is 72.9 Å². The minimum absolute atomic E-state index is 0.225. The molecule has 1 rings (SSSR count). The third-order valence-corrected chi connectivity index (χ3v) is 1.94. The number of nitrogen functional groups attached to an aromatic ring is 1. The van der Waals surface area contributed by atoms with E-state index in [1.807, 2.05) is 6.08 Å². The average molecular weight is 208 g/mol. The number of hydrogen-bond donors (Lipinski definition) is 2. The molecule has 0 saturated heterocycles. The van der Waals surface area contributed by atoms with E-state index in [4.69, 9.17) is 5.73 Å². The van der Waals surface area contributed by atoms with Gasteiger partial charge in [-0.15, -0.1) is 6.58 Å². The van der Waals surface area contributed by atoms with Crippen molar-refractivity contribution >= 4 is 11.6 Å². The highest BCUT2D eigenvalue weighted by atomic mass is 16.1. The van der Waals surface area contributed by atoms with Gasteiger partial charge in [-0.1, -0.05) is 6.08 Å². The van der Waals surface area contributed by atoms with Gasteiger partial charge in [0.05, 0.1) is 5.69 Å². The fraction of sp³-hybridized carbons (Fsp3) is 0.400. The number of hydrogen-bond acceptors (Lipinski definition) is 3. The van der Waals surface area contributed by atoms with Crippen molar-refractivity contribution in [3.8, 4) is 0 Å². The molecule has 0 spiro atoms. The second-order valence-electron chi connectivity index (χ2n) is 3.29. The molecule has 0 unspecified atom stereocenters. The fourth-order valence-electron chi connectivity index (χ4n) is 1.22. The number of aryl methyl sites for hydroxylation is 1. The number of carbonyl (C=O) groups is 1. The van der Waals surface area contributed by atoms with Crippen molar-refractivity contribution in [2.24, 2.45) is 7.05 Å². The van der Waals surface area contributed by atoms with E-state index in [9.17, 15) is 4.79 Å². The van der Waals surface area contributed by atoms with E-state index in [-0.39, 0.29) is 11.6 Å². The van der Waals surface area contributed by atoms with Crippen molar-refractivity contribution in [1.29, 1.82) is 0 Å². The lowest BCUT2D eigenvalue weighted by atomic mass is 10.3. The van der Waals surface area contributed by atoms with Crippen molar-refractivity contribution in [2.75, 3.05) is 12.3 Å². The van der Waals surface area contributed by atoms with Gasteiger partial charge in [-0.3, -0.25) is 9.48 Å². The summed E-state index contributed by atoms with van der Waals surface area (Å²) >= 11 is 0. The lowest BCUT2D eigenvalue weighted by Gasteiger charge is -2.01. The Morgan fingerprint density at radius 1 is 1.80 bits per heavy atom. The molecule has 1 amide bonds. The summed E-state index contributed by atoms with van der Waals surface area (Å²) in [6, 6.07) is 0. The first-order chi connectivity index (χ1) is 7.15. The Kier molecular flexibility index (Phi) is 3.91. The number of unbranched alkanes of at least 4 members (excludes halogenated alkanes) is 1. The van der Waals surface area contributed by atoms with Crippen molar-refractivity contribution in [1.82, 2.24) is 15.1 Å². The molecule has 82 valence electrons. The van der Waals surface area contributed by atoms with Gasteiger partial charge < -0.3 is 11.1 Å². The smallest absolute Gasteiger partial charge is 0.273 e. The van der Waals surface area contributed by atoms with Gasteiger partial charge in [0.2, 0.25) is 0 Å². The number of carbonyl (C=O) groups excluding carboxylic acids is 1. The molecule has 5 nitrogen and oxygen atoms in total. The summed E-state index contributed by atoms with van der Waals surface area (Å²) in [6.07, 6.45) is 5.19. The minimum Gasteiger partial charge on any atom is -0.396 e. The summed E-state index contributed by atoms with van der Waals surface area (Å²) < 4.78 is 1.52. The molecule has 0 aliphatic carbocycles. The first kappa shape index (κ1) is 11.3. The van der Waals surface area contributed by atoms with Crippen LogP contribution in [0.25, 0.3) is 0 Å². The summed E-state index contributed by atoms with van der Waals surface area (Å²) in [5.74, 6) is -0.225. The molecule has 0 atom stereocenters. The van der Waals surface area contributed by atoms with Crippen LogP contribution in [-0.2, 0) is 7.05 Å². The van der Waals surface area contributed by atoms with Gasteiger partial charge in [0, 0.05) is 19.8 Å². The van der Waals surface area contributed by atoms with Crippen LogP contribution >= 0.6 is 0 Å². The van der Waals surface area contributed by atoms with Crippen molar-refractivity contribution in [2.45, 2.75) is 12.8 Å². The van der Waals surface area contributed by atoms with Crippen LogP contribution in [-0.4, -0.2) is 22.2 Å². The zero-order valence-corrected chi connectivity index (χ0v) is 8.86. The molecular formula is C10H16N4O. The molecular weight excluding hydrogens is 192 g/mol. The summed E-state index contributed by atoms with van der Waals surface area (Å²) in [5.41, 5.74) is 6.30. The molecule has 0 aliphatic heterocycles. The zero-order chi connectivity index (χ0) is 11.3. The molecule has 0 saturated carbocycles. The van der Waals surface area contributed by atoms with Crippen LogP contribution in [0, 0.1) is 0 Å². The van der Waals surface area contributed by atoms with Crippen molar-refractivity contribution in [3.05, 3.63) is 24.5 Å². The predicted molar refractivity (Wildman–Crippen MR) is 59.4 cm³/mol. The van der Waals surface area contributed by atoms with Crippen LogP contribution in [0.1, 0.15) is 23.3 Å². The van der Waals surface area contributed by atoms with E-state index in [1.165, 1.54) is 4.68 Å². The maximum Gasteiger partial charge on any atom is 0.273 e. The normalized spacial score (nSPS) is 9.93. The predicted octanol–water partition coefficient (Wildman–Crippen LogP) is 0.698. The lowest BCUT2D eigenvalue weighted by Crippen LogP contribution is -2.25. The van der Waals surface area contributed by atoms with Gasteiger partial charge in [-0.2, -0.15) is 5.10 Å². The monoisotopic (exact) mass is 208 g/mol. The summed E-state index contributed by atoms with van der Waals surface area (Å²) in [4.78, 5) is 11.5. The summed E-state index contributed by atoms with van der Waals surface area (Å²) in [6.45, 7) is 4.22. The maximum atomic E-state index is 11.5. The van der Waals surface area contributed by atoms with E-state index < -0.39 is 0 Å². The SMILES string of the molecule is C=CCCCNC(=O)c1nn(C)cc1N. The van der Waals surface area contributed by atoms with Crippen LogP contribution in [0.3, 0.4) is 0 Å². The molecule has 0 radical (unpaired) electrons. The number of nitrogens with zero attached hydrogens (tertiary/aromatic N) is 2. The largest absolute Gasteiger partial charge is 0.396 e. The first-order valence-corrected chi connectivity index (χ1v) is 4.83. The molecule has 5 heteroatoms. The first-order valence-electron chi connectivity index (χ1n) is 4.83. The number of nitrogens with one attached hydrogen (secondary N) is 1. The third-order valence-electron chi connectivity index (χ3n) is 1.94. The van der Waals surface area contributed by atoms with Gasteiger partial charge >= 0.3 is 0 Å². The molecule has 1 aromatic rings. The number of amides is 1. The number of anilines is 1. The number of nitrogens with two attached hydrogens (primary N) is 1. The highest BCUT2D eigenvalue weighted by Gasteiger charge is 2.12. The van der Waals surface area contributed by atoms with Crippen LogP contribution < -0.4 is 11.1 Å². The Morgan fingerprint density at radius 2 is 2.53 bits per heavy atom. The van der Waals surface area contributed by atoms with Gasteiger partial charge in [-0.25, -0.2) is 0 Å². The Hall–Kier alpha value is -1.78. The second-order valence-corrected chi connectivity index (χ2v) is 3.29. The number of allylic oxidation sites excluding steroid dienone is 1. The third kappa shape index (κ3) is 3.12. The lowest BCUT2D eigenvalue weighted by molar-refractivity contribution is 0.0948. The van der Waals surface area contributed by atoms with Gasteiger partial charge in [-0.05, 0) is 12.8 Å². The van der Waals surface area contributed by atoms with Crippen LogP contribution in [0.5, 0.6) is 0 Å². The number of rotatable bonds is 5. The Bertz CT molecular complexity index is 356. The maximum absolute atomic E-state index is 11.5. The van der Waals surface area contributed by atoms with E-state index in [1.54, 1.807) is 13.2 Å². The minimum atomic E-state index is -0.225. The molecule has 0 bridgehead atoms. The van der Waals surface area contributed by atoms with Gasteiger partial charge in [0.1, 0.15) is 0 Å². The Labute approximate surface area is 89.0 Å². The van der Waals surface area contributed by atoms with E-state index >= 15 is 0 Å². The van der Waals surface area contributed by atoms with Crippen molar-refractivity contribution in [3.63, 3.8) is 0 Å². The average Bonchev–Trinajstić information content (AvgIpc) is 2.52. The molecule has 3 N–H and O–H groups in total. The standard InChI is InChI=1S/C10H16N4O/c1-3-4-5-6-12-10(15)9-8(11)7-14(2)13-9/h3,7H,1,4-6,11H2,2H3,(H,12,15). The second kappa shape index (κ2) is 5.19. The van der Waals surface area contributed by atoms with Crippen LogP contribution in [0.2, 0.25) is 0 Å². The zero-order valence-electron chi connectivity index (χ0n) is 8.86. The number of aromatic nitrogens is 2. The highest BCUT2D eigenvalue weighted by molar-refractivity contribution is 5.96. The van der Waals surface area contributed by atoms with Gasteiger partial charge in [0.15, 0.2) is 5.69 Å². The van der Waals surface area contributed by atoms with E-state index in [0.717, 1.165) is 12.8 Å². The van der Waals surface area contributed by atoms with Crippen LogP contribution in [0.4, 0.5) is 5.69 Å². The summed E-state index contributed by atoms with van der Waals surface area (Å²) in [5, 5.41) is 6.71. The Balaban J connectivity index is 2.46. The van der Waals surface area contributed by atoms with E-state index in [2.05, 4.69) is 17.0 Å². The fourth-order valence-corrected chi connectivity index (χ4v) is 1.22. The molecule has 0 aliphatic rings. The summed E-state index contributed by atoms with van der Waals surface area (Å²) in [7, 11) is 1.73. The van der Waals surface area contributed by atoms with E-state index in [0.29, 0.717) is 12.2 Å². The van der Waals surface area contributed by atoms with Gasteiger partial charge in [0.25, 0.3) is 5.91 Å². The molecule has 1 aromatic heterocycles. The molecule has 0 aromatic carbocycles.